The number of benzene rings is 1. The van der Waals surface area contributed by atoms with Crippen molar-refractivity contribution in [1.29, 1.82) is 0 Å². The lowest BCUT2D eigenvalue weighted by Crippen LogP contribution is -2.40. The zero-order valence-corrected chi connectivity index (χ0v) is 12.7. The van der Waals surface area contributed by atoms with Gasteiger partial charge in [-0.3, -0.25) is 14.3 Å². The number of hydrogen-bond acceptors (Lipinski definition) is 4. The smallest absolute Gasteiger partial charge is 0.270 e. The summed E-state index contributed by atoms with van der Waals surface area (Å²) in [6.07, 6.45) is 1.92. The second kappa shape index (κ2) is 5.03. The van der Waals surface area contributed by atoms with E-state index in [1.165, 1.54) is 11.3 Å². The molecular formula is C13H12BrN3OS. The van der Waals surface area contributed by atoms with E-state index in [1.54, 1.807) is 4.57 Å². The SMILES string of the molecule is CN1CN=c2s/c(=C/c3ccc(Br)cc3)c(=O)n2C1. The van der Waals surface area contributed by atoms with Crippen LogP contribution in [-0.4, -0.2) is 23.2 Å². The number of aromatic nitrogens is 1. The molecule has 0 amide bonds. The fourth-order valence-electron chi connectivity index (χ4n) is 1.93. The van der Waals surface area contributed by atoms with Gasteiger partial charge in [0.25, 0.3) is 5.56 Å². The van der Waals surface area contributed by atoms with Gasteiger partial charge in [-0.15, -0.1) is 0 Å². The highest BCUT2D eigenvalue weighted by Crippen LogP contribution is 2.10. The Bertz CT molecular complexity index is 776. The van der Waals surface area contributed by atoms with E-state index in [0.29, 0.717) is 13.3 Å². The summed E-state index contributed by atoms with van der Waals surface area (Å²) in [5.74, 6) is 0. The van der Waals surface area contributed by atoms with E-state index in [9.17, 15) is 4.79 Å². The van der Waals surface area contributed by atoms with Gasteiger partial charge in [-0.05, 0) is 30.8 Å². The van der Waals surface area contributed by atoms with Crippen LogP contribution in [0.2, 0.25) is 0 Å². The average Bonchev–Trinajstić information content (AvgIpc) is 2.70. The van der Waals surface area contributed by atoms with Crippen molar-refractivity contribution in [3.8, 4) is 0 Å². The van der Waals surface area contributed by atoms with Crippen molar-refractivity contribution in [2.24, 2.45) is 4.99 Å². The van der Waals surface area contributed by atoms with Crippen molar-refractivity contribution in [3.05, 3.63) is 54.0 Å². The molecule has 0 fully saturated rings. The van der Waals surface area contributed by atoms with Crippen LogP contribution >= 0.6 is 27.3 Å². The molecule has 98 valence electrons. The standard InChI is InChI=1S/C13H12BrN3OS/c1-16-7-15-13-17(8-16)12(18)11(19-13)6-9-2-4-10(14)5-3-9/h2-6H,7-8H2,1H3/b11-6+. The molecule has 2 aromatic rings. The molecule has 0 atom stereocenters. The van der Waals surface area contributed by atoms with Gasteiger partial charge in [-0.2, -0.15) is 0 Å². The Balaban J connectivity index is 2.13. The summed E-state index contributed by atoms with van der Waals surface area (Å²) >= 11 is 4.85. The van der Waals surface area contributed by atoms with Crippen LogP contribution in [0.15, 0.2) is 38.5 Å². The van der Waals surface area contributed by atoms with Crippen molar-refractivity contribution >= 4 is 33.3 Å². The van der Waals surface area contributed by atoms with Crippen molar-refractivity contribution in [1.82, 2.24) is 9.47 Å². The topological polar surface area (TPSA) is 37.6 Å². The Kier molecular flexibility index (Phi) is 3.38. The molecule has 1 aromatic heterocycles. The fourth-order valence-corrected chi connectivity index (χ4v) is 3.15. The molecule has 6 heteroatoms. The summed E-state index contributed by atoms with van der Waals surface area (Å²) in [5, 5.41) is 0. The quantitative estimate of drug-likeness (QED) is 0.778. The number of hydrogen-bond donors (Lipinski definition) is 0. The van der Waals surface area contributed by atoms with E-state index in [-0.39, 0.29) is 5.56 Å². The minimum atomic E-state index is 0.0400. The molecule has 0 saturated heterocycles. The van der Waals surface area contributed by atoms with Crippen molar-refractivity contribution in [2.45, 2.75) is 6.67 Å². The second-order valence-corrected chi connectivity index (χ2v) is 6.40. The molecule has 0 unspecified atom stereocenters. The highest BCUT2D eigenvalue weighted by molar-refractivity contribution is 9.10. The number of halogens is 1. The van der Waals surface area contributed by atoms with Crippen LogP contribution in [0.25, 0.3) is 6.08 Å². The summed E-state index contributed by atoms with van der Waals surface area (Å²) in [5.41, 5.74) is 1.06. The average molecular weight is 338 g/mol. The normalized spacial score (nSPS) is 16.2. The monoisotopic (exact) mass is 337 g/mol. The maximum absolute atomic E-state index is 12.3. The van der Waals surface area contributed by atoms with E-state index in [0.717, 1.165) is 19.4 Å². The lowest BCUT2D eigenvalue weighted by atomic mass is 10.2. The first-order valence-electron chi connectivity index (χ1n) is 5.83. The third-order valence-corrected chi connectivity index (χ3v) is 4.46. The predicted octanol–water partition coefficient (Wildman–Crippen LogP) is 0.981. The number of fused-ring (bicyclic) bond motifs is 1. The second-order valence-electron chi connectivity index (χ2n) is 4.47. The Morgan fingerprint density at radius 2 is 2.11 bits per heavy atom. The summed E-state index contributed by atoms with van der Waals surface area (Å²) in [4.78, 5) is 19.5. The van der Waals surface area contributed by atoms with E-state index in [2.05, 4.69) is 20.9 Å². The first kappa shape index (κ1) is 12.8. The minimum Gasteiger partial charge on any atom is -0.270 e. The lowest BCUT2D eigenvalue weighted by Gasteiger charge is -2.17. The van der Waals surface area contributed by atoms with Crippen LogP contribution < -0.4 is 14.9 Å². The van der Waals surface area contributed by atoms with Crippen LogP contribution in [0.3, 0.4) is 0 Å². The minimum absolute atomic E-state index is 0.0400. The zero-order chi connectivity index (χ0) is 13.4. The molecule has 1 aliphatic rings. The highest BCUT2D eigenvalue weighted by atomic mass is 79.9. The van der Waals surface area contributed by atoms with Gasteiger partial charge in [-0.25, -0.2) is 4.99 Å². The third kappa shape index (κ3) is 2.56. The molecule has 0 spiro atoms. The summed E-state index contributed by atoms with van der Waals surface area (Å²) in [6.45, 7) is 1.26. The molecule has 0 N–H and O–H groups in total. The Morgan fingerprint density at radius 1 is 1.37 bits per heavy atom. The van der Waals surface area contributed by atoms with Crippen LogP contribution in [0.1, 0.15) is 5.56 Å². The molecule has 1 aromatic carbocycles. The van der Waals surface area contributed by atoms with Gasteiger partial charge in [0.2, 0.25) is 0 Å². The molecule has 0 aliphatic carbocycles. The van der Waals surface area contributed by atoms with Crippen LogP contribution in [0, 0.1) is 0 Å². The molecule has 2 heterocycles. The van der Waals surface area contributed by atoms with Crippen molar-refractivity contribution in [2.75, 3.05) is 13.7 Å². The first-order chi connectivity index (χ1) is 9.13. The molecule has 0 bridgehead atoms. The van der Waals surface area contributed by atoms with E-state index >= 15 is 0 Å². The van der Waals surface area contributed by atoms with E-state index < -0.39 is 0 Å². The predicted molar refractivity (Wildman–Crippen MR) is 79.7 cm³/mol. The summed E-state index contributed by atoms with van der Waals surface area (Å²) in [6, 6.07) is 7.90. The number of nitrogens with zero attached hydrogens (tertiary/aromatic N) is 3. The molecule has 19 heavy (non-hydrogen) atoms. The van der Waals surface area contributed by atoms with Gasteiger partial charge in [-0.1, -0.05) is 39.4 Å². The molecule has 0 radical (unpaired) electrons. The fraction of sp³-hybridized carbons (Fsp3) is 0.231. The van der Waals surface area contributed by atoms with Crippen molar-refractivity contribution in [3.63, 3.8) is 0 Å². The number of thiazole rings is 1. The number of rotatable bonds is 1. The zero-order valence-electron chi connectivity index (χ0n) is 10.3. The van der Waals surface area contributed by atoms with Gasteiger partial charge in [0.15, 0.2) is 4.80 Å². The maximum Gasteiger partial charge on any atom is 0.271 e. The first-order valence-corrected chi connectivity index (χ1v) is 7.44. The van der Waals surface area contributed by atoms with Gasteiger partial charge in [0.05, 0.1) is 17.9 Å². The molecule has 4 nitrogen and oxygen atoms in total. The van der Waals surface area contributed by atoms with Crippen LogP contribution in [0.5, 0.6) is 0 Å². The van der Waals surface area contributed by atoms with Crippen LogP contribution in [0.4, 0.5) is 0 Å². The van der Waals surface area contributed by atoms with Gasteiger partial charge in [0, 0.05) is 4.47 Å². The van der Waals surface area contributed by atoms with E-state index in [1.807, 2.05) is 42.3 Å². The molecule has 1 aliphatic heterocycles. The summed E-state index contributed by atoms with van der Waals surface area (Å²) in [7, 11) is 1.95. The highest BCUT2D eigenvalue weighted by Gasteiger charge is 2.11. The maximum atomic E-state index is 12.3. The van der Waals surface area contributed by atoms with E-state index in [4.69, 9.17) is 0 Å². The largest absolute Gasteiger partial charge is 0.271 e. The van der Waals surface area contributed by atoms with Gasteiger partial charge >= 0.3 is 0 Å². The Morgan fingerprint density at radius 3 is 2.84 bits per heavy atom. The van der Waals surface area contributed by atoms with Crippen LogP contribution in [-0.2, 0) is 6.67 Å². The molecule has 0 saturated carbocycles. The summed E-state index contributed by atoms with van der Waals surface area (Å²) < 4.78 is 3.48. The van der Waals surface area contributed by atoms with Gasteiger partial charge < -0.3 is 0 Å². The molecular weight excluding hydrogens is 326 g/mol. The Hall–Kier alpha value is -1.24. The Labute approximate surface area is 122 Å². The lowest BCUT2D eigenvalue weighted by molar-refractivity contribution is 0.246. The van der Waals surface area contributed by atoms with Gasteiger partial charge in [0.1, 0.15) is 0 Å². The molecule has 3 rings (SSSR count). The van der Waals surface area contributed by atoms with Crippen molar-refractivity contribution < 1.29 is 0 Å². The third-order valence-electron chi connectivity index (χ3n) is 2.89.